The average Bonchev–Trinajstić information content (AvgIpc) is 2.29. The van der Waals surface area contributed by atoms with Crippen LogP contribution in [0, 0.1) is 0 Å². The summed E-state index contributed by atoms with van der Waals surface area (Å²) in [5.74, 6) is 0.798. The molecule has 0 aliphatic heterocycles. The lowest BCUT2D eigenvalue weighted by atomic mass is 9.82. The zero-order valence-electron chi connectivity index (χ0n) is 11.4. The Morgan fingerprint density at radius 2 is 1.82 bits per heavy atom. The number of carbonyl (C=O) groups is 1. The molecule has 0 radical (unpaired) electrons. The van der Waals surface area contributed by atoms with Gasteiger partial charge in [-0.3, -0.25) is 4.79 Å². The fourth-order valence-electron chi connectivity index (χ4n) is 1.48. The number of ether oxygens (including phenoxy) is 1. The summed E-state index contributed by atoms with van der Waals surface area (Å²) in [6.45, 7) is 9.94. The van der Waals surface area contributed by atoms with Crippen LogP contribution in [-0.2, 0) is 10.2 Å². The first-order valence-corrected chi connectivity index (χ1v) is 6.14. The van der Waals surface area contributed by atoms with Gasteiger partial charge in [0.1, 0.15) is 5.75 Å². The Labute approximate surface area is 104 Å². The third kappa shape index (κ3) is 3.58. The predicted octanol–water partition coefficient (Wildman–Crippen LogP) is 3.73. The van der Waals surface area contributed by atoms with Crippen molar-refractivity contribution in [3.63, 3.8) is 0 Å². The lowest BCUT2D eigenvalue weighted by molar-refractivity contribution is -0.122. The molecule has 0 heterocycles. The fourth-order valence-corrected chi connectivity index (χ4v) is 1.48. The summed E-state index contributed by atoms with van der Waals surface area (Å²) in [5.41, 5.74) is 1.48. The van der Waals surface area contributed by atoms with Crippen molar-refractivity contribution < 1.29 is 9.53 Å². The van der Waals surface area contributed by atoms with Crippen molar-refractivity contribution in [2.45, 2.75) is 52.6 Å². The summed E-state index contributed by atoms with van der Waals surface area (Å²) in [4.78, 5) is 11.1. The third-order valence-corrected chi connectivity index (χ3v) is 3.41. The van der Waals surface area contributed by atoms with E-state index in [-0.39, 0.29) is 17.3 Å². The van der Waals surface area contributed by atoms with Gasteiger partial charge in [0.2, 0.25) is 0 Å². The van der Waals surface area contributed by atoms with Crippen LogP contribution in [0.3, 0.4) is 0 Å². The molecule has 1 unspecified atom stereocenters. The predicted molar refractivity (Wildman–Crippen MR) is 70.5 cm³/mol. The van der Waals surface area contributed by atoms with Crippen LogP contribution in [0.2, 0.25) is 0 Å². The maximum absolute atomic E-state index is 11.1. The van der Waals surface area contributed by atoms with Gasteiger partial charge < -0.3 is 4.74 Å². The lowest BCUT2D eigenvalue weighted by Crippen LogP contribution is -2.21. The van der Waals surface area contributed by atoms with Crippen LogP contribution in [0.25, 0.3) is 0 Å². The van der Waals surface area contributed by atoms with Gasteiger partial charge in [-0.1, -0.05) is 32.9 Å². The molecule has 0 bridgehead atoms. The summed E-state index contributed by atoms with van der Waals surface area (Å²) in [6, 6.07) is 8.02. The van der Waals surface area contributed by atoms with Gasteiger partial charge >= 0.3 is 0 Å². The van der Waals surface area contributed by atoms with E-state index in [1.165, 1.54) is 5.56 Å². The highest BCUT2D eigenvalue weighted by Gasteiger charge is 2.18. The number of hydrogen-bond acceptors (Lipinski definition) is 2. The number of Topliss-reactive ketones (excluding diaryl/α,β-unsaturated/α-hetero) is 1. The zero-order valence-corrected chi connectivity index (χ0v) is 11.4. The van der Waals surface area contributed by atoms with Crippen LogP contribution in [0.4, 0.5) is 0 Å². The van der Waals surface area contributed by atoms with Gasteiger partial charge in [0.15, 0.2) is 11.9 Å². The van der Waals surface area contributed by atoms with Gasteiger partial charge in [0.05, 0.1) is 0 Å². The quantitative estimate of drug-likeness (QED) is 0.776. The molecular formula is C15H22O2. The van der Waals surface area contributed by atoms with E-state index in [4.69, 9.17) is 4.74 Å². The first-order chi connectivity index (χ1) is 7.86. The van der Waals surface area contributed by atoms with E-state index in [0.717, 1.165) is 12.2 Å². The standard InChI is InChI=1S/C15H22O2/c1-6-15(4,5)13-7-9-14(10-8-13)17-12(3)11(2)16/h7-10,12H,6H2,1-5H3. The summed E-state index contributed by atoms with van der Waals surface area (Å²) < 4.78 is 5.53. The minimum atomic E-state index is -0.375. The molecule has 0 spiro atoms. The first kappa shape index (κ1) is 13.8. The third-order valence-electron chi connectivity index (χ3n) is 3.41. The molecule has 0 aromatic heterocycles. The summed E-state index contributed by atoms with van der Waals surface area (Å²) >= 11 is 0. The SMILES string of the molecule is CCC(C)(C)c1ccc(OC(C)C(C)=O)cc1. The van der Waals surface area contributed by atoms with Crippen molar-refractivity contribution in [1.82, 2.24) is 0 Å². The molecule has 0 saturated heterocycles. The average molecular weight is 234 g/mol. The summed E-state index contributed by atoms with van der Waals surface area (Å²) in [6.07, 6.45) is 0.719. The molecule has 1 rings (SSSR count). The molecule has 0 saturated carbocycles. The number of carbonyl (C=O) groups excluding carboxylic acids is 1. The van der Waals surface area contributed by atoms with Crippen molar-refractivity contribution in [2.24, 2.45) is 0 Å². The normalized spacial score (nSPS) is 13.2. The van der Waals surface area contributed by atoms with E-state index in [1.807, 2.05) is 12.1 Å². The molecule has 94 valence electrons. The Hall–Kier alpha value is -1.31. The molecule has 2 heteroatoms. The monoisotopic (exact) mass is 234 g/mol. The summed E-state index contributed by atoms with van der Waals surface area (Å²) in [5, 5.41) is 0. The number of rotatable bonds is 5. The van der Waals surface area contributed by atoms with Crippen molar-refractivity contribution in [1.29, 1.82) is 0 Å². The van der Waals surface area contributed by atoms with E-state index in [2.05, 4.69) is 32.9 Å². The van der Waals surface area contributed by atoms with Crippen LogP contribution >= 0.6 is 0 Å². The molecule has 1 aromatic carbocycles. The van der Waals surface area contributed by atoms with E-state index in [0.29, 0.717) is 0 Å². The van der Waals surface area contributed by atoms with Gasteiger partial charge in [0, 0.05) is 0 Å². The van der Waals surface area contributed by atoms with Gasteiger partial charge in [0.25, 0.3) is 0 Å². The van der Waals surface area contributed by atoms with Crippen LogP contribution in [0.5, 0.6) is 5.75 Å². The van der Waals surface area contributed by atoms with E-state index >= 15 is 0 Å². The smallest absolute Gasteiger partial charge is 0.169 e. The highest BCUT2D eigenvalue weighted by atomic mass is 16.5. The van der Waals surface area contributed by atoms with Crippen LogP contribution < -0.4 is 4.74 Å². The van der Waals surface area contributed by atoms with Crippen molar-refractivity contribution >= 4 is 5.78 Å². The van der Waals surface area contributed by atoms with E-state index in [1.54, 1.807) is 13.8 Å². The minimum absolute atomic E-state index is 0.0444. The molecule has 0 aliphatic carbocycles. The maximum atomic E-state index is 11.1. The molecule has 0 amide bonds. The topological polar surface area (TPSA) is 26.3 Å². The molecule has 0 aliphatic rings. The second-order valence-electron chi connectivity index (χ2n) is 5.13. The van der Waals surface area contributed by atoms with Crippen LogP contribution in [0.15, 0.2) is 24.3 Å². The second-order valence-corrected chi connectivity index (χ2v) is 5.13. The molecule has 17 heavy (non-hydrogen) atoms. The molecule has 0 fully saturated rings. The summed E-state index contributed by atoms with van der Waals surface area (Å²) in [7, 11) is 0. The fraction of sp³-hybridized carbons (Fsp3) is 0.533. The lowest BCUT2D eigenvalue weighted by Gasteiger charge is -2.23. The Morgan fingerprint density at radius 3 is 2.24 bits per heavy atom. The zero-order chi connectivity index (χ0) is 13.1. The van der Waals surface area contributed by atoms with E-state index < -0.39 is 0 Å². The minimum Gasteiger partial charge on any atom is -0.483 e. The Morgan fingerprint density at radius 1 is 1.29 bits per heavy atom. The van der Waals surface area contributed by atoms with Gasteiger partial charge in [-0.15, -0.1) is 0 Å². The molecule has 0 N–H and O–H groups in total. The number of hydrogen-bond donors (Lipinski definition) is 0. The first-order valence-electron chi connectivity index (χ1n) is 6.14. The maximum Gasteiger partial charge on any atom is 0.169 e. The molecule has 1 atom stereocenters. The Kier molecular flexibility index (Phi) is 4.33. The van der Waals surface area contributed by atoms with Crippen molar-refractivity contribution in [3.05, 3.63) is 29.8 Å². The van der Waals surface area contributed by atoms with E-state index in [9.17, 15) is 4.79 Å². The Bertz CT molecular complexity index is 376. The Balaban J connectivity index is 2.78. The van der Waals surface area contributed by atoms with Gasteiger partial charge in [-0.05, 0) is 43.4 Å². The number of benzene rings is 1. The molecule has 1 aromatic rings. The van der Waals surface area contributed by atoms with Crippen molar-refractivity contribution in [2.75, 3.05) is 0 Å². The van der Waals surface area contributed by atoms with Crippen molar-refractivity contribution in [3.8, 4) is 5.75 Å². The van der Waals surface area contributed by atoms with Gasteiger partial charge in [-0.25, -0.2) is 0 Å². The molecular weight excluding hydrogens is 212 g/mol. The highest BCUT2D eigenvalue weighted by molar-refractivity contribution is 5.80. The van der Waals surface area contributed by atoms with Crippen LogP contribution in [-0.4, -0.2) is 11.9 Å². The second kappa shape index (κ2) is 5.35. The van der Waals surface area contributed by atoms with Gasteiger partial charge in [-0.2, -0.15) is 0 Å². The number of ketones is 1. The molecule has 2 nitrogen and oxygen atoms in total. The highest BCUT2D eigenvalue weighted by Crippen LogP contribution is 2.28. The largest absolute Gasteiger partial charge is 0.483 e. The van der Waals surface area contributed by atoms with Crippen LogP contribution in [0.1, 0.15) is 46.6 Å².